The monoisotopic (exact) mass is 494 g/mol. The van der Waals surface area contributed by atoms with Crippen LogP contribution in [0.3, 0.4) is 0 Å². The van der Waals surface area contributed by atoms with Crippen LogP contribution in [-0.4, -0.2) is 32.8 Å². The largest absolute Gasteiger partial charge is 0.371 e. The summed E-state index contributed by atoms with van der Waals surface area (Å²) in [7, 11) is 1.64. The Balaban J connectivity index is 1.91. The van der Waals surface area contributed by atoms with E-state index in [0.717, 1.165) is 32.1 Å². The number of thiocarbonyl (C=S) groups is 1. The smallest absolute Gasteiger partial charge is 0.270 e. The van der Waals surface area contributed by atoms with Crippen molar-refractivity contribution >= 4 is 46.1 Å². The zero-order valence-corrected chi connectivity index (χ0v) is 21.5. The lowest BCUT2D eigenvalue weighted by atomic mass is 10.0. The Bertz CT molecular complexity index is 1200. The van der Waals surface area contributed by atoms with E-state index < -0.39 is 0 Å². The fraction of sp³-hybridized carbons (Fsp3) is 0.385. The molecule has 8 heteroatoms. The van der Waals surface area contributed by atoms with Gasteiger partial charge in [-0.05, 0) is 37.0 Å². The Morgan fingerprint density at radius 1 is 1.18 bits per heavy atom. The van der Waals surface area contributed by atoms with Crippen LogP contribution in [0.25, 0.3) is 6.08 Å². The Hall–Kier alpha value is -2.89. The van der Waals surface area contributed by atoms with Gasteiger partial charge in [0.2, 0.25) is 0 Å². The Morgan fingerprint density at radius 2 is 1.91 bits per heavy atom. The number of nitriles is 1. The molecule has 3 rings (SSSR count). The number of anilines is 1. The minimum absolute atomic E-state index is 0.0809. The summed E-state index contributed by atoms with van der Waals surface area (Å²) < 4.78 is 2.00. The first-order chi connectivity index (χ1) is 16.4. The summed E-state index contributed by atoms with van der Waals surface area (Å²) in [5, 5.41) is 13.0. The molecular weight excluding hydrogens is 464 g/mol. The molecule has 1 saturated heterocycles. The van der Waals surface area contributed by atoms with Crippen molar-refractivity contribution in [2.75, 3.05) is 18.4 Å². The van der Waals surface area contributed by atoms with E-state index in [2.05, 4.69) is 24.4 Å². The average Bonchev–Trinajstić information content (AvgIpc) is 3.10. The SMILES string of the molecule is CCCCCCN1C(=O)/C(=C\c2c(C)c(C#N)c(=O)n(C)c2NCCc2ccccc2)SC1=S. The molecule has 0 bridgehead atoms. The van der Waals surface area contributed by atoms with Crippen LogP contribution in [0.2, 0.25) is 0 Å². The van der Waals surface area contributed by atoms with E-state index >= 15 is 0 Å². The van der Waals surface area contributed by atoms with Crippen LogP contribution in [0.15, 0.2) is 40.0 Å². The molecule has 2 aromatic rings. The molecule has 34 heavy (non-hydrogen) atoms. The molecule has 178 valence electrons. The van der Waals surface area contributed by atoms with E-state index in [1.807, 2.05) is 24.3 Å². The third-order valence-electron chi connectivity index (χ3n) is 5.93. The molecule has 0 aliphatic carbocycles. The van der Waals surface area contributed by atoms with Crippen molar-refractivity contribution in [1.82, 2.24) is 9.47 Å². The van der Waals surface area contributed by atoms with E-state index in [1.54, 1.807) is 24.9 Å². The third-order valence-corrected chi connectivity index (χ3v) is 7.31. The third kappa shape index (κ3) is 5.78. The van der Waals surface area contributed by atoms with E-state index in [4.69, 9.17) is 12.2 Å². The predicted octanol–water partition coefficient (Wildman–Crippen LogP) is 5.00. The number of aromatic nitrogens is 1. The highest BCUT2D eigenvalue weighted by Gasteiger charge is 2.32. The van der Waals surface area contributed by atoms with Crippen molar-refractivity contribution in [3.63, 3.8) is 0 Å². The molecule has 0 unspecified atom stereocenters. The van der Waals surface area contributed by atoms with E-state index in [9.17, 15) is 14.9 Å². The van der Waals surface area contributed by atoms with Gasteiger partial charge in [-0.15, -0.1) is 0 Å². The second-order valence-corrected chi connectivity index (χ2v) is 9.97. The van der Waals surface area contributed by atoms with Crippen molar-refractivity contribution in [2.24, 2.45) is 7.05 Å². The van der Waals surface area contributed by atoms with Gasteiger partial charge in [-0.1, -0.05) is 80.5 Å². The second kappa shape index (κ2) is 12.0. The Morgan fingerprint density at radius 3 is 2.59 bits per heavy atom. The molecule has 0 spiro atoms. The lowest BCUT2D eigenvalue weighted by Gasteiger charge is -2.18. The first-order valence-electron chi connectivity index (χ1n) is 11.6. The molecule has 0 saturated carbocycles. The van der Waals surface area contributed by atoms with E-state index in [0.29, 0.717) is 39.3 Å². The van der Waals surface area contributed by atoms with Gasteiger partial charge in [-0.2, -0.15) is 5.26 Å². The number of benzene rings is 1. The molecule has 0 radical (unpaired) electrons. The van der Waals surface area contributed by atoms with Gasteiger partial charge in [0, 0.05) is 25.7 Å². The summed E-state index contributed by atoms with van der Waals surface area (Å²) >= 11 is 6.75. The lowest BCUT2D eigenvalue weighted by Crippen LogP contribution is -2.29. The normalized spacial score (nSPS) is 14.6. The number of pyridine rings is 1. The number of rotatable bonds is 10. The molecule has 1 aliphatic heterocycles. The number of unbranched alkanes of at least 4 members (excludes halogenated alkanes) is 3. The van der Waals surface area contributed by atoms with Gasteiger partial charge < -0.3 is 5.32 Å². The van der Waals surface area contributed by atoms with Crippen LogP contribution >= 0.6 is 24.0 Å². The maximum absolute atomic E-state index is 13.1. The van der Waals surface area contributed by atoms with Crippen molar-refractivity contribution in [1.29, 1.82) is 5.26 Å². The van der Waals surface area contributed by atoms with Gasteiger partial charge in [-0.25, -0.2) is 0 Å². The van der Waals surface area contributed by atoms with Gasteiger partial charge in [0.15, 0.2) is 0 Å². The molecule has 2 heterocycles. The van der Waals surface area contributed by atoms with Crippen molar-refractivity contribution in [3.8, 4) is 6.07 Å². The lowest BCUT2D eigenvalue weighted by molar-refractivity contribution is -0.122. The average molecular weight is 495 g/mol. The number of carbonyl (C=O) groups is 1. The van der Waals surface area contributed by atoms with Crippen molar-refractivity contribution < 1.29 is 4.79 Å². The van der Waals surface area contributed by atoms with Crippen LogP contribution in [0, 0.1) is 18.3 Å². The minimum atomic E-state index is -0.358. The molecule has 1 aromatic heterocycles. The van der Waals surface area contributed by atoms with E-state index in [-0.39, 0.29) is 17.0 Å². The first-order valence-corrected chi connectivity index (χ1v) is 12.8. The number of nitrogens with one attached hydrogen (secondary N) is 1. The van der Waals surface area contributed by atoms with Crippen LogP contribution in [0.1, 0.15) is 54.9 Å². The fourth-order valence-electron chi connectivity index (χ4n) is 3.94. The number of nitrogens with zero attached hydrogens (tertiary/aromatic N) is 3. The minimum Gasteiger partial charge on any atom is -0.371 e. The first kappa shape index (κ1) is 25.7. The number of amides is 1. The molecule has 1 amide bonds. The standard InChI is InChI=1S/C26H30N4O2S2/c1-4-5-6-10-15-30-25(32)22(34-26(30)33)16-20-18(2)21(17-27)24(31)29(3)23(20)28-14-13-19-11-8-7-9-12-19/h7-9,11-12,16,28H,4-6,10,13-15H2,1-3H3/b22-16+. The number of carbonyl (C=O) groups excluding carboxylic acids is 1. The molecule has 1 aromatic carbocycles. The maximum Gasteiger partial charge on any atom is 0.270 e. The van der Waals surface area contributed by atoms with Crippen LogP contribution < -0.4 is 10.9 Å². The molecular formula is C26H30N4O2S2. The number of hydrogen-bond donors (Lipinski definition) is 1. The van der Waals surface area contributed by atoms with Crippen LogP contribution in [-0.2, 0) is 18.3 Å². The highest BCUT2D eigenvalue weighted by molar-refractivity contribution is 8.26. The van der Waals surface area contributed by atoms with Crippen molar-refractivity contribution in [2.45, 2.75) is 46.0 Å². The van der Waals surface area contributed by atoms with Gasteiger partial charge in [0.1, 0.15) is 21.8 Å². The van der Waals surface area contributed by atoms with Crippen LogP contribution in [0.5, 0.6) is 0 Å². The summed E-state index contributed by atoms with van der Waals surface area (Å²) in [6.45, 7) is 5.11. The van der Waals surface area contributed by atoms with Gasteiger partial charge >= 0.3 is 0 Å². The summed E-state index contributed by atoms with van der Waals surface area (Å²) in [6, 6.07) is 12.1. The maximum atomic E-state index is 13.1. The molecule has 1 N–H and O–H groups in total. The van der Waals surface area contributed by atoms with Crippen molar-refractivity contribution in [3.05, 3.63) is 67.8 Å². The summed E-state index contributed by atoms with van der Waals surface area (Å²) in [5.41, 5.74) is 2.12. The molecule has 6 nitrogen and oxygen atoms in total. The van der Waals surface area contributed by atoms with Crippen LogP contribution in [0.4, 0.5) is 5.82 Å². The number of thioether (sulfide) groups is 1. The Labute approximate surface area is 210 Å². The quantitative estimate of drug-likeness (QED) is 0.284. The highest BCUT2D eigenvalue weighted by atomic mass is 32.2. The highest BCUT2D eigenvalue weighted by Crippen LogP contribution is 2.35. The topological polar surface area (TPSA) is 78.1 Å². The Kier molecular flexibility index (Phi) is 9.08. The predicted molar refractivity (Wildman–Crippen MR) is 144 cm³/mol. The summed E-state index contributed by atoms with van der Waals surface area (Å²) in [4.78, 5) is 28.1. The second-order valence-electron chi connectivity index (χ2n) is 8.29. The molecule has 0 atom stereocenters. The zero-order valence-electron chi connectivity index (χ0n) is 19.9. The molecule has 1 fully saturated rings. The number of hydrogen-bond acceptors (Lipinski definition) is 6. The summed E-state index contributed by atoms with van der Waals surface area (Å²) in [6.07, 6.45) is 6.78. The van der Waals surface area contributed by atoms with E-state index in [1.165, 1.54) is 21.9 Å². The van der Waals surface area contributed by atoms with Gasteiger partial charge in [-0.3, -0.25) is 19.1 Å². The van der Waals surface area contributed by atoms with Gasteiger partial charge in [0.05, 0.1) is 4.91 Å². The van der Waals surface area contributed by atoms with Gasteiger partial charge in [0.25, 0.3) is 11.5 Å². The summed E-state index contributed by atoms with van der Waals surface area (Å²) in [5.74, 6) is 0.471. The molecule has 1 aliphatic rings. The zero-order chi connectivity index (χ0) is 24.7. The fourth-order valence-corrected chi connectivity index (χ4v) is 5.23.